The van der Waals surface area contributed by atoms with E-state index in [0.29, 0.717) is 10.0 Å². The number of hydrogen-bond donors (Lipinski definition) is 1. The molecule has 1 saturated heterocycles. The third-order valence-corrected chi connectivity index (χ3v) is 3.88. The zero-order valence-corrected chi connectivity index (χ0v) is 12.3. The van der Waals surface area contributed by atoms with Crippen LogP contribution in [0.3, 0.4) is 0 Å². The first-order chi connectivity index (χ1) is 9.75. The van der Waals surface area contributed by atoms with Gasteiger partial charge in [-0.1, -0.05) is 23.2 Å². The number of nitrogens with zero attached hydrogens (tertiary/aromatic N) is 3. The Morgan fingerprint density at radius 1 is 1.15 bits per heavy atom. The fourth-order valence-corrected chi connectivity index (χ4v) is 2.85. The Morgan fingerprint density at radius 3 is 2.70 bits per heavy atom. The van der Waals surface area contributed by atoms with E-state index in [4.69, 9.17) is 23.2 Å². The topological polar surface area (TPSA) is 41.1 Å². The minimum Gasteiger partial charge on any atom is -0.366 e. The van der Waals surface area contributed by atoms with Crippen molar-refractivity contribution in [3.8, 4) is 11.3 Å². The van der Waals surface area contributed by atoms with E-state index < -0.39 is 0 Å². The monoisotopic (exact) mass is 308 g/mol. The molecule has 0 saturated carbocycles. The van der Waals surface area contributed by atoms with Crippen molar-refractivity contribution >= 4 is 28.9 Å². The number of rotatable bonds is 2. The number of anilines is 1. The number of aromatic nitrogens is 2. The highest BCUT2D eigenvalue weighted by Crippen LogP contribution is 2.34. The Kier molecular flexibility index (Phi) is 4.05. The molecule has 1 aliphatic heterocycles. The standard InChI is InChI=1S/C14H14Cl2N4/c15-10-1-2-11(12(16)7-10)14-13(8-18-9-19-14)20-5-3-17-4-6-20/h1-2,7-9,17H,3-6H2. The Bertz CT molecular complexity index is 612. The highest BCUT2D eigenvalue weighted by molar-refractivity contribution is 6.36. The molecular formula is C14H14Cl2N4. The number of piperazine rings is 1. The SMILES string of the molecule is Clc1ccc(-c2ncncc2N2CCNCC2)c(Cl)c1. The zero-order valence-electron chi connectivity index (χ0n) is 10.8. The van der Waals surface area contributed by atoms with Gasteiger partial charge in [0.05, 0.1) is 22.6 Å². The van der Waals surface area contributed by atoms with Crippen molar-refractivity contribution in [1.29, 1.82) is 0 Å². The van der Waals surface area contributed by atoms with Crippen LogP contribution in [0.5, 0.6) is 0 Å². The van der Waals surface area contributed by atoms with Crippen molar-refractivity contribution in [1.82, 2.24) is 15.3 Å². The van der Waals surface area contributed by atoms with Gasteiger partial charge in [0.2, 0.25) is 0 Å². The number of hydrogen-bond acceptors (Lipinski definition) is 4. The first-order valence-corrected chi connectivity index (χ1v) is 7.22. The minimum atomic E-state index is 0.604. The average Bonchev–Trinajstić information content (AvgIpc) is 2.48. The van der Waals surface area contributed by atoms with E-state index in [2.05, 4.69) is 20.2 Å². The van der Waals surface area contributed by atoms with E-state index in [1.165, 1.54) is 0 Å². The molecule has 1 aromatic heterocycles. The highest BCUT2D eigenvalue weighted by atomic mass is 35.5. The number of halogens is 2. The van der Waals surface area contributed by atoms with Gasteiger partial charge in [-0.25, -0.2) is 9.97 Å². The normalized spacial score (nSPS) is 15.4. The maximum absolute atomic E-state index is 6.30. The maximum Gasteiger partial charge on any atom is 0.116 e. The summed E-state index contributed by atoms with van der Waals surface area (Å²) < 4.78 is 0. The molecular weight excluding hydrogens is 295 g/mol. The van der Waals surface area contributed by atoms with Crippen LogP contribution >= 0.6 is 23.2 Å². The average molecular weight is 309 g/mol. The quantitative estimate of drug-likeness (QED) is 0.926. The molecule has 0 spiro atoms. The molecule has 1 aromatic carbocycles. The highest BCUT2D eigenvalue weighted by Gasteiger charge is 2.17. The number of nitrogens with one attached hydrogen (secondary N) is 1. The Hall–Kier alpha value is -1.36. The van der Waals surface area contributed by atoms with Crippen LogP contribution in [0.4, 0.5) is 5.69 Å². The molecule has 2 heterocycles. The van der Waals surface area contributed by atoms with Crippen LogP contribution < -0.4 is 10.2 Å². The van der Waals surface area contributed by atoms with Gasteiger partial charge in [0, 0.05) is 36.8 Å². The van der Waals surface area contributed by atoms with E-state index >= 15 is 0 Å². The molecule has 6 heteroatoms. The van der Waals surface area contributed by atoms with Crippen molar-refractivity contribution < 1.29 is 0 Å². The molecule has 2 aromatic rings. The summed E-state index contributed by atoms with van der Waals surface area (Å²) in [5.74, 6) is 0. The second-order valence-electron chi connectivity index (χ2n) is 4.62. The summed E-state index contributed by atoms with van der Waals surface area (Å²) in [5, 5.41) is 4.56. The molecule has 3 rings (SSSR count). The molecule has 0 aliphatic carbocycles. The third kappa shape index (κ3) is 2.73. The number of benzene rings is 1. The smallest absolute Gasteiger partial charge is 0.116 e. The second kappa shape index (κ2) is 5.95. The second-order valence-corrected chi connectivity index (χ2v) is 5.46. The molecule has 1 fully saturated rings. The predicted octanol–water partition coefficient (Wildman–Crippen LogP) is 2.86. The largest absolute Gasteiger partial charge is 0.366 e. The fraction of sp³-hybridized carbons (Fsp3) is 0.286. The van der Waals surface area contributed by atoms with Gasteiger partial charge in [-0.3, -0.25) is 0 Å². The van der Waals surface area contributed by atoms with Crippen molar-refractivity contribution in [2.24, 2.45) is 0 Å². The lowest BCUT2D eigenvalue weighted by Gasteiger charge is -2.30. The van der Waals surface area contributed by atoms with E-state index in [0.717, 1.165) is 43.1 Å². The Labute approximate surface area is 127 Å². The van der Waals surface area contributed by atoms with Gasteiger partial charge in [0.15, 0.2) is 0 Å². The summed E-state index contributed by atoms with van der Waals surface area (Å²) in [5.41, 5.74) is 2.74. The van der Waals surface area contributed by atoms with Crippen LogP contribution in [0, 0.1) is 0 Å². The van der Waals surface area contributed by atoms with Gasteiger partial charge >= 0.3 is 0 Å². The lowest BCUT2D eigenvalue weighted by Crippen LogP contribution is -2.43. The van der Waals surface area contributed by atoms with Crippen LogP contribution in [0.25, 0.3) is 11.3 Å². The fourth-order valence-electron chi connectivity index (χ4n) is 2.35. The summed E-state index contributed by atoms with van der Waals surface area (Å²) >= 11 is 12.3. The summed E-state index contributed by atoms with van der Waals surface area (Å²) in [7, 11) is 0. The molecule has 4 nitrogen and oxygen atoms in total. The Morgan fingerprint density at radius 2 is 1.95 bits per heavy atom. The Balaban J connectivity index is 2.04. The first-order valence-electron chi connectivity index (χ1n) is 6.47. The van der Waals surface area contributed by atoms with Crippen LogP contribution in [-0.2, 0) is 0 Å². The van der Waals surface area contributed by atoms with Crippen molar-refractivity contribution in [2.45, 2.75) is 0 Å². The maximum atomic E-state index is 6.30. The van der Waals surface area contributed by atoms with Gasteiger partial charge < -0.3 is 10.2 Å². The lowest BCUT2D eigenvalue weighted by molar-refractivity contribution is 0.588. The van der Waals surface area contributed by atoms with Crippen LogP contribution in [-0.4, -0.2) is 36.1 Å². The van der Waals surface area contributed by atoms with Gasteiger partial charge in [-0.2, -0.15) is 0 Å². The molecule has 0 amide bonds. The third-order valence-electron chi connectivity index (χ3n) is 3.34. The molecule has 104 valence electrons. The van der Waals surface area contributed by atoms with Gasteiger partial charge in [-0.05, 0) is 18.2 Å². The molecule has 0 radical (unpaired) electrons. The van der Waals surface area contributed by atoms with Crippen LogP contribution in [0.2, 0.25) is 10.0 Å². The van der Waals surface area contributed by atoms with Gasteiger partial charge in [-0.15, -0.1) is 0 Å². The first kappa shape index (κ1) is 13.6. The van der Waals surface area contributed by atoms with Crippen LogP contribution in [0.1, 0.15) is 0 Å². The molecule has 0 atom stereocenters. The molecule has 1 N–H and O–H groups in total. The summed E-state index contributed by atoms with van der Waals surface area (Å²) in [4.78, 5) is 10.8. The van der Waals surface area contributed by atoms with E-state index in [1.807, 2.05) is 18.3 Å². The zero-order chi connectivity index (χ0) is 13.9. The summed E-state index contributed by atoms with van der Waals surface area (Å²) in [6.45, 7) is 3.79. The van der Waals surface area contributed by atoms with Crippen molar-refractivity contribution in [3.63, 3.8) is 0 Å². The van der Waals surface area contributed by atoms with E-state index in [1.54, 1.807) is 12.4 Å². The molecule has 20 heavy (non-hydrogen) atoms. The van der Waals surface area contributed by atoms with E-state index in [9.17, 15) is 0 Å². The lowest BCUT2D eigenvalue weighted by atomic mass is 10.1. The molecule has 1 aliphatic rings. The van der Waals surface area contributed by atoms with Crippen molar-refractivity contribution in [3.05, 3.63) is 40.8 Å². The minimum absolute atomic E-state index is 0.604. The predicted molar refractivity (Wildman–Crippen MR) is 82.6 cm³/mol. The van der Waals surface area contributed by atoms with Gasteiger partial charge in [0.25, 0.3) is 0 Å². The van der Waals surface area contributed by atoms with E-state index in [-0.39, 0.29) is 0 Å². The summed E-state index contributed by atoms with van der Waals surface area (Å²) in [6, 6.07) is 5.47. The van der Waals surface area contributed by atoms with Crippen molar-refractivity contribution in [2.75, 3.05) is 31.1 Å². The molecule has 0 bridgehead atoms. The molecule has 0 unspecified atom stereocenters. The summed E-state index contributed by atoms with van der Waals surface area (Å²) in [6.07, 6.45) is 3.39. The van der Waals surface area contributed by atoms with Gasteiger partial charge in [0.1, 0.15) is 6.33 Å². The van der Waals surface area contributed by atoms with Crippen LogP contribution in [0.15, 0.2) is 30.7 Å².